The average Bonchev–Trinajstić information content (AvgIpc) is 3.20. The summed E-state index contributed by atoms with van der Waals surface area (Å²) in [6.45, 7) is -0.0223. The van der Waals surface area contributed by atoms with E-state index in [1.807, 2.05) is 0 Å². The number of amides is 1. The summed E-state index contributed by atoms with van der Waals surface area (Å²) in [5, 5.41) is 3.31. The highest BCUT2D eigenvalue weighted by molar-refractivity contribution is 7.91. The van der Waals surface area contributed by atoms with Crippen LogP contribution in [0.15, 0.2) is 59.8 Å². The molecule has 0 saturated carbocycles. The first-order valence-corrected chi connectivity index (χ1v) is 13.2. The number of nitrogens with one attached hydrogen (secondary N) is 1. The maximum Gasteiger partial charge on any atom is 0.341 e. The predicted octanol–water partition coefficient (Wildman–Crippen LogP) is 4.30. The molecule has 0 fully saturated rings. The van der Waals surface area contributed by atoms with Gasteiger partial charge in [-0.15, -0.1) is 11.3 Å². The van der Waals surface area contributed by atoms with Gasteiger partial charge in [0.05, 0.1) is 28.4 Å². The van der Waals surface area contributed by atoms with Crippen molar-refractivity contribution in [1.82, 2.24) is 4.98 Å². The number of anilines is 1. The van der Waals surface area contributed by atoms with E-state index in [1.54, 1.807) is 48.7 Å². The van der Waals surface area contributed by atoms with E-state index in [2.05, 4.69) is 10.3 Å². The number of thiophene rings is 1. The number of aromatic nitrogens is 1. The van der Waals surface area contributed by atoms with Gasteiger partial charge in [-0.2, -0.15) is 0 Å². The highest BCUT2D eigenvalue weighted by Crippen LogP contribution is 2.38. The molecule has 0 saturated heterocycles. The normalized spacial score (nSPS) is 13.2. The van der Waals surface area contributed by atoms with Gasteiger partial charge in [-0.1, -0.05) is 18.2 Å². The number of sulfone groups is 1. The molecule has 1 aromatic carbocycles. The number of carbonyl (C=O) groups excluding carboxylic acids is 2. The lowest BCUT2D eigenvalue weighted by atomic mass is 9.95. The molecule has 33 heavy (non-hydrogen) atoms. The first kappa shape index (κ1) is 23.1. The quantitative estimate of drug-likeness (QED) is 0.378. The molecule has 1 N–H and O–H groups in total. The lowest BCUT2D eigenvalue weighted by molar-refractivity contribution is 0.0506. The van der Waals surface area contributed by atoms with E-state index in [0.29, 0.717) is 16.1 Å². The molecule has 1 aliphatic rings. The van der Waals surface area contributed by atoms with Gasteiger partial charge in [0.15, 0.2) is 9.84 Å². The summed E-state index contributed by atoms with van der Waals surface area (Å²) in [6.07, 6.45) is 6.85. The van der Waals surface area contributed by atoms with E-state index in [9.17, 15) is 18.0 Å². The number of aryl methyl sites for hydroxylation is 1. The summed E-state index contributed by atoms with van der Waals surface area (Å²) in [4.78, 5) is 30.9. The molecular weight excluding hydrogens is 460 g/mol. The van der Waals surface area contributed by atoms with Gasteiger partial charge in [0, 0.05) is 17.3 Å². The maximum absolute atomic E-state index is 13.0. The third-order valence-electron chi connectivity index (χ3n) is 5.42. The summed E-state index contributed by atoms with van der Waals surface area (Å²) in [5.74, 6) is -0.992. The molecule has 1 aliphatic carbocycles. The number of hydrogen-bond donors (Lipinski definition) is 1. The van der Waals surface area contributed by atoms with E-state index in [-0.39, 0.29) is 29.6 Å². The van der Waals surface area contributed by atoms with Crippen molar-refractivity contribution >= 4 is 38.1 Å². The number of benzene rings is 1. The average molecular weight is 485 g/mol. The lowest BCUT2D eigenvalue weighted by Gasteiger charge is -2.13. The van der Waals surface area contributed by atoms with Gasteiger partial charge in [-0.25, -0.2) is 13.2 Å². The van der Waals surface area contributed by atoms with Crippen molar-refractivity contribution in [3.63, 3.8) is 0 Å². The minimum Gasteiger partial charge on any atom is -0.462 e. The first-order chi connectivity index (χ1) is 16.0. The first-order valence-electron chi connectivity index (χ1n) is 10.8. The summed E-state index contributed by atoms with van der Waals surface area (Å²) >= 11 is 1.40. The van der Waals surface area contributed by atoms with Gasteiger partial charge >= 0.3 is 5.97 Å². The van der Waals surface area contributed by atoms with Crippen LogP contribution in [0.3, 0.4) is 0 Å². The molecule has 1 amide bonds. The fourth-order valence-electron chi connectivity index (χ4n) is 3.77. The molecule has 0 atom stereocenters. The Labute approximate surface area is 196 Å². The Morgan fingerprint density at radius 1 is 1.06 bits per heavy atom. The van der Waals surface area contributed by atoms with Crippen LogP contribution in [0.2, 0.25) is 0 Å². The molecule has 0 spiro atoms. The molecule has 0 aliphatic heterocycles. The van der Waals surface area contributed by atoms with Crippen LogP contribution in [0.5, 0.6) is 0 Å². The number of carbonyl (C=O) groups is 2. The van der Waals surface area contributed by atoms with Crippen LogP contribution in [0.4, 0.5) is 5.00 Å². The fraction of sp³-hybridized carbons (Fsp3) is 0.292. The molecule has 172 valence electrons. The van der Waals surface area contributed by atoms with Crippen LogP contribution >= 0.6 is 11.3 Å². The second-order valence-electron chi connectivity index (χ2n) is 7.73. The number of esters is 1. The monoisotopic (exact) mass is 484 g/mol. The number of nitrogens with zero attached hydrogens (tertiary/aromatic N) is 1. The number of rotatable bonds is 8. The Bertz CT molecular complexity index is 1240. The van der Waals surface area contributed by atoms with Gasteiger partial charge in [0.1, 0.15) is 5.00 Å². The summed E-state index contributed by atoms with van der Waals surface area (Å²) in [5.41, 5.74) is 1.71. The topological polar surface area (TPSA) is 102 Å². The Morgan fingerprint density at radius 3 is 2.61 bits per heavy atom. The number of pyridine rings is 1. The highest BCUT2D eigenvalue weighted by atomic mass is 32.2. The molecule has 0 radical (unpaired) electrons. The van der Waals surface area contributed by atoms with E-state index in [0.717, 1.165) is 36.1 Å². The molecule has 0 bridgehead atoms. The summed E-state index contributed by atoms with van der Waals surface area (Å²) in [7, 11) is -3.43. The highest BCUT2D eigenvalue weighted by Gasteiger charge is 2.27. The minimum absolute atomic E-state index is 0.0223. The number of hydrogen-bond acceptors (Lipinski definition) is 7. The molecule has 0 unspecified atom stereocenters. The van der Waals surface area contributed by atoms with Crippen molar-refractivity contribution < 1.29 is 22.7 Å². The van der Waals surface area contributed by atoms with Crippen molar-refractivity contribution in [1.29, 1.82) is 0 Å². The van der Waals surface area contributed by atoms with Crippen molar-refractivity contribution in [2.24, 2.45) is 0 Å². The summed E-state index contributed by atoms with van der Waals surface area (Å²) in [6, 6.07) is 11.5. The van der Waals surface area contributed by atoms with Gasteiger partial charge in [-0.3, -0.25) is 9.78 Å². The smallest absolute Gasteiger partial charge is 0.341 e. The molecule has 3 aromatic rings. The van der Waals surface area contributed by atoms with Crippen LogP contribution in [0.1, 0.15) is 50.4 Å². The minimum atomic E-state index is -3.43. The fourth-order valence-corrected chi connectivity index (χ4v) is 6.35. The largest absolute Gasteiger partial charge is 0.462 e. The number of fused-ring (bicyclic) bond motifs is 1. The third kappa shape index (κ3) is 5.48. The zero-order valence-corrected chi connectivity index (χ0v) is 19.6. The SMILES string of the molecule is O=C(Nc1sc2c(c1C(=O)OCCCS(=O)(=O)c1ccccc1)CCCC2)c1cccnc1. The molecule has 2 aromatic heterocycles. The third-order valence-corrected chi connectivity index (χ3v) is 8.44. The molecule has 9 heteroatoms. The standard InChI is InChI=1S/C24H24N2O5S2/c27-22(17-8-6-13-25-16-17)26-23-21(19-11-4-5-12-20(19)32-23)24(28)31-14-7-15-33(29,30)18-9-2-1-3-10-18/h1-3,6,8-10,13,16H,4-5,7,11-12,14-15H2,(H,26,27). The second kappa shape index (κ2) is 10.3. The van der Waals surface area contributed by atoms with Gasteiger partial charge in [0.25, 0.3) is 5.91 Å². The number of ether oxygens (including phenoxy) is 1. The van der Waals surface area contributed by atoms with Gasteiger partial charge in [0.2, 0.25) is 0 Å². The van der Waals surface area contributed by atoms with Crippen LogP contribution < -0.4 is 5.32 Å². The van der Waals surface area contributed by atoms with Crippen LogP contribution in [0.25, 0.3) is 0 Å². The van der Waals surface area contributed by atoms with E-state index in [1.165, 1.54) is 17.5 Å². The van der Waals surface area contributed by atoms with Crippen LogP contribution in [-0.2, 0) is 27.4 Å². The predicted molar refractivity (Wildman–Crippen MR) is 127 cm³/mol. The molecule has 7 nitrogen and oxygen atoms in total. The Balaban J connectivity index is 1.44. The van der Waals surface area contributed by atoms with Crippen molar-refractivity contribution in [2.45, 2.75) is 37.0 Å². The van der Waals surface area contributed by atoms with Gasteiger partial charge < -0.3 is 10.1 Å². The Hall–Kier alpha value is -3.04. The van der Waals surface area contributed by atoms with Crippen molar-refractivity contribution in [3.05, 3.63) is 76.4 Å². The van der Waals surface area contributed by atoms with Crippen LogP contribution in [-0.4, -0.2) is 37.6 Å². The lowest BCUT2D eigenvalue weighted by Crippen LogP contribution is -2.17. The van der Waals surface area contributed by atoms with Gasteiger partial charge in [-0.05, 0) is 61.9 Å². The van der Waals surface area contributed by atoms with E-state index < -0.39 is 15.8 Å². The Kier molecular flexibility index (Phi) is 7.20. The zero-order valence-electron chi connectivity index (χ0n) is 18.0. The maximum atomic E-state index is 13.0. The molecular formula is C24H24N2O5S2. The molecule has 2 heterocycles. The van der Waals surface area contributed by atoms with E-state index in [4.69, 9.17) is 4.74 Å². The summed E-state index contributed by atoms with van der Waals surface area (Å²) < 4.78 is 30.3. The van der Waals surface area contributed by atoms with Crippen molar-refractivity contribution in [2.75, 3.05) is 17.7 Å². The second-order valence-corrected chi connectivity index (χ2v) is 10.9. The van der Waals surface area contributed by atoms with E-state index >= 15 is 0 Å². The van der Waals surface area contributed by atoms with Crippen LogP contribution in [0, 0.1) is 0 Å². The Morgan fingerprint density at radius 2 is 1.85 bits per heavy atom. The molecule has 4 rings (SSSR count). The zero-order chi connectivity index (χ0) is 23.3. The van der Waals surface area contributed by atoms with Crippen molar-refractivity contribution in [3.8, 4) is 0 Å².